The van der Waals surface area contributed by atoms with Crippen molar-refractivity contribution in [1.29, 1.82) is 0 Å². The third-order valence-electron chi connectivity index (χ3n) is 3.27. The first-order valence-electron chi connectivity index (χ1n) is 6.86. The van der Waals surface area contributed by atoms with Gasteiger partial charge in [-0.2, -0.15) is 0 Å². The summed E-state index contributed by atoms with van der Waals surface area (Å²) in [5, 5.41) is 3.34. The van der Waals surface area contributed by atoms with Crippen LogP contribution in [-0.2, 0) is 4.74 Å². The average Bonchev–Trinajstić information content (AvgIpc) is 2.30. The van der Waals surface area contributed by atoms with E-state index in [9.17, 15) is 0 Å². The van der Waals surface area contributed by atoms with Crippen LogP contribution in [0, 0.1) is 19.8 Å². The van der Waals surface area contributed by atoms with E-state index in [4.69, 9.17) is 4.74 Å². The van der Waals surface area contributed by atoms with Crippen molar-refractivity contribution in [2.75, 3.05) is 20.3 Å². The summed E-state index contributed by atoms with van der Waals surface area (Å²) in [4.78, 5) is 0. The summed E-state index contributed by atoms with van der Waals surface area (Å²) in [6.45, 7) is 10.3. The zero-order valence-corrected chi connectivity index (χ0v) is 12.4. The van der Waals surface area contributed by atoms with Gasteiger partial charge in [0.2, 0.25) is 0 Å². The molecule has 0 saturated heterocycles. The number of hydrogen-bond donors (Lipinski definition) is 1. The molecule has 0 aliphatic heterocycles. The van der Waals surface area contributed by atoms with Gasteiger partial charge in [-0.15, -0.1) is 0 Å². The van der Waals surface area contributed by atoms with Crippen LogP contribution >= 0.6 is 0 Å². The second-order valence-corrected chi connectivity index (χ2v) is 5.46. The maximum atomic E-state index is 5.77. The average molecular weight is 249 g/mol. The van der Waals surface area contributed by atoms with Crippen LogP contribution in [-0.4, -0.2) is 20.3 Å². The minimum absolute atomic E-state index is 0.290. The number of likely N-dealkylation sites (N-methyl/N-ethyl adjacent to an activating group) is 1. The van der Waals surface area contributed by atoms with E-state index in [1.54, 1.807) is 0 Å². The number of aryl methyl sites for hydroxylation is 2. The lowest BCUT2D eigenvalue weighted by Crippen LogP contribution is -2.23. The molecule has 0 fully saturated rings. The monoisotopic (exact) mass is 249 g/mol. The Bertz CT molecular complexity index is 360. The molecule has 0 aromatic heterocycles. The minimum atomic E-state index is 0.290. The van der Waals surface area contributed by atoms with Crippen LogP contribution < -0.4 is 5.32 Å². The summed E-state index contributed by atoms with van der Waals surface area (Å²) < 4.78 is 5.77. The Morgan fingerprint density at radius 1 is 1.22 bits per heavy atom. The Labute approximate surface area is 112 Å². The van der Waals surface area contributed by atoms with Gasteiger partial charge in [-0.25, -0.2) is 0 Å². The van der Waals surface area contributed by atoms with Gasteiger partial charge in [0.15, 0.2) is 0 Å². The maximum absolute atomic E-state index is 5.77. The van der Waals surface area contributed by atoms with Crippen molar-refractivity contribution in [2.45, 2.75) is 40.2 Å². The number of ether oxygens (including phenoxy) is 1. The largest absolute Gasteiger partial charge is 0.379 e. The fourth-order valence-electron chi connectivity index (χ4n) is 2.07. The van der Waals surface area contributed by atoms with Gasteiger partial charge >= 0.3 is 0 Å². The van der Waals surface area contributed by atoms with Crippen molar-refractivity contribution >= 4 is 0 Å². The van der Waals surface area contributed by atoms with Crippen LogP contribution in [0.1, 0.15) is 43.0 Å². The van der Waals surface area contributed by atoms with Gasteiger partial charge in [0.25, 0.3) is 0 Å². The van der Waals surface area contributed by atoms with Gasteiger partial charge in [0, 0.05) is 6.61 Å². The zero-order chi connectivity index (χ0) is 13.5. The van der Waals surface area contributed by atoms with Crippen molar-refractivity contribution in [2.24, 2.45) is 5.92 Å². The molecular formula is C16H27NO. The fraction of sp³-hybridized carbons (Fsp3) is 0.625. The number of rotatable bonds is 7. The second-order valence-electron chi connectivity index (χ2n) is 5.46. The molecule has 0 spiro atoms. The van der Waals surface area contributed by atoms with Gasteiger partial charge in [-0.05, 0) is 44.4 Å². The Morgan fingerprint density at radius 2 is 1.94 bits per heavy atom. The van der Waals surface area contributed by atoms with Crippen LogP contribution in [0.5, 0.6) is 0 Å². The first-order valence-corrected chi connectivity index (χ1v) is 6.86. The Hall–Kier alpha value is -0.860. The van der Waals surface area contributed by atoms with Gasteiger partial charge in [0.05, 0.1) is 12.6 Å². The molecule has 0 bridgehead atoms. The summed E-state index contributed by atoms with van der Waals surface area (Å²) in [6.07, 6.45) is 1.13. The van der Waals surface area contributed by atoms with Gasteiger partial charge in [-0.1, -0.05) is 37.6 Å². The van der Waals surface area contributed by atoms with Crippen LogP contribution in [0.4, 0.5) is 0 Å². The lowest BCUT2D eigenvalue weighted by atomic mass is 10.00. The molecule has 2 heteroatoms. The molecule has 0 aliphatic carbocycles. The van der Waals surface area contributed by atoms with Crippen LogP contribution in [0.15, 0.2) is 18.2 Å². The van der Waals surface area contributed by atoms with Crippen molar-refractivity contribution < 1.29 is 4.74 Å². The molecular weight excluding hydrogens is 222 g/mol. The van der Waals surface area contributed by atoms with Crippen molar-refractivity contribution in [3.63, 3.8) is 0 Å². The zero-order valence-electron chi connectivity index (χ0n) is 12.4. The van der Waals surface area contributed by atoms with E-state index >= 15 is 0 Å². The third-order valence-corrected chi connectivity index (χ3v) is 3.27. The van der Waals surface area contributed by atoms with Gasteiger partial charge in [-0.3, -0.25) is 0 Å². The molecule has 0 saturated carbocycles. The lowest BCUT2D eigenvalue weighted by Gasteiger charge is -2.19. The maximum Gasteiger partial charge on any atom is 0.0661 e. The fourth-order valence-corrected chi connectivity index (χ4v) is 2.07. The molecule has 102 valence electrons. The van der Waals surface area contributed by atoms with E-state index < -0.39 is 0 Å². The minimum Gasteiger partial charge on any atom is -0.379 e. The molecule has 1 rings (SSSR count). The molecule has 1 N–H and O–H groups in total. The van der Waals surface area contributed by atoms with E-state index in [-0.39, 0.29) is 6.04 Å². The summed E-state index contributed by atoms with van der Waals surface area (Å²) in [7, 11) is 2.00. The second kappa shape index (κ2) is 7.55. The molecule has 18 heavy (non-hydrogen) atoms. The van der Waals surface area contributed by atoms with E-state index in [2.05, 4.69) is 51.2 Å². The molecule has 1 atom stereocenters. The van der Waals surface area contributed by atoms with Crippen molar-refractivity contribution in [3.8, 4) is 0 Å². The summed E-state index contributed by atoms with van der Waals surface area (Å²) in [5.41, 5.74) is 3.99. The topological polar surface area (TPSA) is 21.3 Å². The number of benzene rings is 1. The third kappa shape index (κ3) is 4.79. The summed E-state index contributed by atoms with van der Waals surface area (Å²) >= 11 is 0. The van der Waals surface area contributed by atoms with Crippen LogP contribution in [0.2, 0.25) is 0 Å². The van der Waals surface area contributed by atoms with Crippen molar-refractivity contribution in [1.82, 2.24) is 5.32 Å². The highest BCUT2D eigenvalue weighted by atomic mass is 16.5. The smallest absolute Gasteiger partial charge is 0.0661 e. The SMILES string of the molecule is CNC(COCCC(C)C)c1ccc(C)cc1C. The quantitative estimate of drug-likeness (QED) is 0.745. The van der Waals surface area contributed by atoms with E-state index in [1.807, 2.05) is 7.05 Å². The molecule has 1 aromatic carbocycles. The molecule has 1 unspecified atom stereocenters. The van der Waals surface area contributed by atoms with Gasteiger partial charge in [0.1, 0.15) is 0 Å². The highest BCUT2D eigenvalue weighted by Gasteiger charge is 2.11. The first-order chi connectivity index (χ1) is 8.54. The predicted octanol–water partition coefficient (Wildman–Crippen LogP) is 3.63. The van der Waals surface area contributed by atoms with Crippen LogP contribution in [0.25, 0.3) is 0 Å². The lowest BCUT2D eigenvalue weighted by molar-refractivity contribution is 0.104. The van der Waals surface area contributed by atoms with Crippen LogP contribution in [0.3, 0.4) is 0 Å². The molecule has 0 heterocycles. The highest BCUT2D eigenvalue weighted by Crippen LogP contribution is 2.19. The van der Waals surface area contributed by atoms with Crippen molar-refractivity contribution in [3.05, 3.63) is 34.9 Å². The Morgan fingerprint density at radius 3 is 2.50 bits per heavy atom. The summed E-state index contributed by atoms with van der Waals surface area (Å²) in [5.74, 6) is 0.708. The number of hydrogen-bond acceptors (Lipinski definition) is 2. The first kappa shape index (κ1) is 15.2. The molecule has 2 nitrogen and oxygen atoms in total. The highest BCUT2D eigenvalue weighted by molar-refractivity contribution is 5.32. The molecule has 0 amide bonds. The summed E-state index contributed by atoms with van der Waals surface area (Å²) in [6, 6.07) is 6.89. The van der Waals surface area contributed by atoms with E-state index in [0.29, 0.717) is 5.92 Å². The van der Waals surface area contributed by atoms with E-state index in [1.165, 1.54) is 16.7 Å². The number of nitrogens with one attached hydrogen (secondary N) is 1. The standard InChI is InChI=1S/C16H27NO/c1-12(2)8-9-18-11-16(17-5)15-7-6-13(3)10-14(15)4/h6-7,10,12,16-17H,8-9,11H2,1-5H3. The predicted molar refractivity (Wildman–Crippen MR) is 78.0 cm³/mol. The van der Waals surface area contributed by atoms with Gasteiger partial charge < -0.3 is 10.1 Å². The Balaban J connectivity index is 2.54. The molecule has 0 aliphatic rings. The van der Waals surface area contributed by atoms with E-state index in [0.717, 1.165) is 19.6 Å². The normalized spacial score (nSPS) is 13.0. The Kier molecular flexibility index (Phi) is 6.37. The molecule has 0 radical (unpaired) electrons. The molecule has 1 aromatic rings.